The maximum Gasteiger partial charge on any atom is 0.306 e. The number of carbonyl (C=O) groups is 4. The average Bonchev–Trinajstić information content (AvgIpc) is 3.03. The van der Waals surface area contributed by atoms with Gasteiger partial charge in [0.25, 0.3) is 5.91 Å². The van der Waals surface area contributed by atoms with E-state index in [0.717, 1.165) is 0 Å². The van der Waals surface area contributed by atoms with Crippen molar-refractivity contribution < 1.29 is 49.1 Å². The summed E-state index contributed by atoms with van der Waals surface area (Å²) in [4.78, 5) is 55.0. The smallest absolute Gasteiger partial charge is 0.306 e. The Morgan fingerprint density at radius 1 is 1.16 bits per heavy atom. The second kappa shape index (κ2) is 13.8. The number of esters is 1. The topological polar surface area (TPSA) is 240 Å². The maximum atomic E-state index is 14.0. The van der Waals surface area contributed by atoms with E-state index in [4.69, 9.17) is 15.0 Å². The molecule has 1 heterocycles. The number of nitrogens with one attached hydrogen (secondary N) is 2. The lowest BCUT2D eigenvalue weighted by Gasteiger charge is -2.71. The number of phenols is 1. The van der Waals surface area contributed by atoms with Crippen LogP contribution in [0.5, 0.6) is 5.75 Å². The number of aliphatic hydroxyl groups is 3. The van der Waals surface area contributed by atoms with Crippen LogP contribution < -0.4 is 10.6 Å². The Morgan fingerprint density at radius 2 is 1.82 bits per heavy atom. The van der Waals surface area contributed by atoms with Gasteiger partial charge < -0.3 is 40.5 Å². The molecule has 268 valence electrons. The third-order valence-corrected chi connectivity index (χ3v) is 11.8. The van der Waals surface area contributed by atoms with Crippen LogP contribution in [0.2, 0.25) is 0 Å². The molecule has 1 aromatic rings. The number of Topliss-reactive ketones (excluding diaryl/α,β-unsaturated/α-hetero) is 1. The number of ether oxygens (including phenoxy) is 2. The van der Waals surface area contributed by atoms with Crippen molar-refractivity contribution in [1.29, 1.82) is 0 Å². The van der Waals surface area contributed by atoms with Gasteiger partial charge in [0.05, 0.1) is 39.1 Å². The van der Waals surface area contributed by atoms with Crippen LogP contribution in [0.15, 0.2) is 29.9 Å². The molecule has 2 aliphatic carbocycles. The fraction of sp³-hybridized carbons (Fsp3) is 0.636. The quantitative estimate of drug-likeness (QED) is 0.0385. The number of rotatable bonds is 10. The van der Waals surface area contributed by atoms with E-state index in [1.54, 1.807) is 36.4 Å². The Kier molecular flexibility index (Phi) is 10.8. The highest BCUT2D eigenvalue weighted by Gasteiger charge is 2.81. The summed E-state index contributed by atoms with van der Waals surface area (Å²) in [5, 5.41) is 54.7. The second-order valence-corrected chi connectivity index (χ2v) is 15.4. The van der Waals surface area contributed by atoms with E-state index < -0.39 is 81.9 Å². The van der Waals surface area contributed by atoms with E-state index in [1.165, 1.54) is 25.1 Å². The van der Waals surface area contributed by atoms with Gasteiger partial charge >= 0.3 is 5.97 Å². The van der Waals surface area contributed by atoms with Crippen molar-refractivity contribution in [2.45, 2.75) is 102 Å². The molecule has 3 fully saturated rings. The molecule has 2 saturated carbocycles. The number of fused-ring (bicyclic) bond motifs is 3. The fourth-order valence-electron chi connectivity index (χ4n) is 8.32. The summed E-state index contributed by atoms with van der Waals surface area (Å²) in [5.74, 6) is -3.91. The third kappa shape index (κ3) is 6.42. The molecule has 8 atom stereocenters. The van der Waals surface area contributed by atoms with Gasteiger partial charge in [-0.05, 0) is 66.3 Å². The van der Waals surface area contributed by atoms with Crippen molar-refractivity contribution >= 4 is 51.8 Å². The van der Waals surface area contributed by atoms with E-state index in [0.29, 0.717) is 6.42 Å². The molecule has 16 heteroatoms. The number of azide groups is 1. The van der Waals surface area contributed by atoms with Crippen molar-refractivity contribution in [3.05, 3.63) is 44.4 Å². The molecule has 0 spiro atoms. The normalized spacial score (nSPS) is 34.8. The molecule has 2 amide bonds. The van der Waals surface area contributed by atoms with Crippen LogP contribution in [0.4, 0.5) is 5.69 Å². The molecule has 0 radical (unpaired) electrons. The Morgan fingerprint density at radius 3 is 2.45 bits per heavy atom. The van der Waals surface area contributed by atoms with Gasteiger partial charge in [-0.1, -0.05) is 38.0 Å². The van der Waals surface area contributed by atoms with E-state index >= 15 is 0 Å². The zero-order valence-corrected chi connectivity index (χ0v) is 30.3. The number of hydrogen-bond acceptors (Lipinski definition) is 11. The second-order valence-electron chi connectivity index (χ2n) is 14.3. The molecule has 6 N–H and O–H groups in total. The average molecular weight is 798 g/mol. The van der Waals surface area contributed by atoms with Crippen LogP contribution in [-0.2, 0) is 23.9 Å². The summed E-state index contributed by atoms with van der Waals surface area (Å²) in [7, 11) is 0. The molecule has 0 bridgehead atoms. The number of amides is 2. The minimum Gasteiger partial charge on any atom is -0.506 e. The summed E-state index contributed by atoms with van der Waals surface area (Å²) in [6.07, 6.45) is -3.00. The number of carbonyl (C=O) groups excluding carboxylic acids is 4. The first-order valence-electron chi connectivity index (χ1n) is 16.0. The monoisotopic (exact) mass is 797 g/mol. The minimum absolute atomic E-state index is 0.00547. The van der Waals surface area contributed by atoms with Gasteiger partial charge in [-0.2, -0.15) is 0 Å². The molecular formula is C33H44IN5O10. The highest BCUT2D eigenvalue weighted by molar-refractivity contribution is 14.1. The van der Waals surface area contributed by atoms with Crippen LogP contribution in [0.1, 0.15) is 77.1 Å². The lowest BCUT2D eigenvalue weighted by atomic mass is 9.40. The molecule has 4 rings (SSSR count). The van der Waals surface area contributed by atoms with Crippen LogP contribution in [0.3, 0.4) is 0 Å². The largest absolute Gasteiger partial charge is 0.506 e. The number of aromatic hydroxyl groups is 1. The molecule has 15 nitrogen and oxygen atoms in total. The zero-order chi connectivity index (χ0) is 36.7. The molecule has 49 heavy (non-hydrogen) atoms. The number of phenolic OH excluding ortho intramolecular Hbond substituents is 1. The number of halogens is 1. The molecule has 1 saturated heterocycles. The number of benzene rings is 1. The predicted molar refractivity (Wildman–Crippen MR) is 183 cm³/mol. The molecule has 3 aliphatic rings. The van der Waals surface area contributed by atoms with E-state index in [1.807, 2.05) is 13.8 Å². The number of hydrogen-bond donors (Lipinski definition) is 6. The van der Waals surface area contributed by atoms with Crippen molar-refractivity contribution in [2.75, 3.05) is 13.1 Å². The Bertz CT molecular complexity index is 1600. The maximum absolute atomic E-state index is 14.0. The molecule has 0 unspecified atom stereocenters. The van der Waals surface area contributed by atoms with Gasteiger partial charge in [0, 0.05) is 42.2 Å². The lowest BCUT2D eigenvalue weighted by Crippen LogP contribution is -2.86. The summed E-state index contributed by atoms with van der Waals surface area (Å²) >= 11 is 1.75. The van der Waals surface area contributed by atoms with Gasteiger partial charge in [-0.25, -0.2) is 0 Å². The van der Waals surface area contributed by atoms with Gasteiger partial charge in [0.15, 0.2) is 17.5 Å². The van der Waals surface area contributed by atoms with Crippen molar-refractivity contribution in [3.8, 4) is 5.75 Å². The van der Waals surface area contributed by atoms with Crippen LogP contribution >= 0.6 is 22.6 Å². The van der Waals surface area contributed by atoms with E-state index in [2.05, 4.69) is 27.2 Å². The van der Waals surface area contributed by atoms with Gasteiger partial charge in [0.2, 0.25) is 5.91 Å². The van der Waals surface area contributed by atoms with Crippen molar-refractivity contribution in [2.24, 2.45) is 21.9 Å². The molecule has 1 aliphatic heterocycles. The number of aliphatic hydroxyl groups excluding tert-OH is 2. The van der Waals surface area contributed by atoms with Gasteiger partial charge in [0.1, 0.15) is 11.4 Å². The van der Waals surface area contributed by atoms with Crippen molar-refractivity contribution in [1.82, 2.24) is 10.6 Å². The first-order chi connectivity index (χ1) is 22.7. The van der Waals surface area contributed by atoms with Gasteiger partial charge in [-0.3, -0.25) is 19.2 Å². The SMILES string of the molecule is C=C[C@@]1(C)CC(=O)[C@@]2(O)[C@]3(C)[C@H](O)CCC(C)(C)[C@H]3[C@@H](O)[C@@H](OC(=O)CCC(=O)NCCNC(=O)c3ccc(N=[N+]=[N-])c(I)c3O)[C@]2(C)O1. The lowest BCUT2D eigenvalue weighted by molar-refractivity contribution is -0.370. The number of ketones is 1. The Hall–Kier alpha value is -3.28. The fourth-order valence-corrected chi connectivity index (χ4v) is 8.90. The first-order valence-corrected chi connectivity index (χ1v) is 17.1. The number of nitrogens with zero attached hydrogens (tertiary/aromatic N) is 3. The summed E-state index contributed by atoms with van der Waals surface area (Å²) in [6, 6.07) is 2.69. The van der Waals surface area contributed by atoms with Gasteiger partial charge in [-0.15, -0.1) is 6.58 Å². The van der Waals surface area contributed by atoms with Crippen molar-refractivity contribution in [3.63, 3.8) is 0 Å². The minimum atomic E-state index is -2.36. The Labute approximate surface area is 297 Å². The standard InChI is InChI=1S/C33H44IN5O10/c1-7-30(4)16-20(41)33(47)31(5)19(40)12-13-29(2,3)26(31)25(45)27(32(33,6)49-30)48-22(43)11-10-21(42)36-14-15-37-28(46)17-8-9-18(38-39-35)23(34)24(17)44/h7-9,19,25-27,40,44-45,47H,1,10-16H2,2-6H3,(H,36,42)(H,37,46)/t19-,25-,26-,27-,30+,31-,32+,33-/m1/s1. The summed E-state index contributed by atoms with van der Waals surface area (Å²) in [6.45, 7) is 12.1. The highest BCUT2D eigenvalue weighted by atomic mass is 127. The third-order valence-electron chi connectivity index (χ3n) is 10.8. The van der Waals surface area contributed by atoms with Crippen LogP contribution in [0, 0.1) is 20.3 Å². The highest BCUT2D eigenvalue weighted by Crippen LogP contribution is 2.67. The van der Waals surface area contributed by atoms with E-state index in [9.17, 15) is 39.6 Å². The summed E-state index contributed by atoms with van der Waals surface area (Å²) < 4.78 is 12.4. The molecular weight excluding hydrogens is 753 g/mol. The zero-order valence-electron chi connectivity index (χ0n) is 28.2. The summed E-state index contributed by atoms with van der Waals surface area (Å²) in [5.41, 5.74) is 0.833. The van der Waals surface area contributed by atoms with Crippen LogP contribution in [0.25, 0.3) is 10.4 Å². The van der Waals surface area contributed by atoms with Crippen LogP contribution in [-0.4, -0.2) is 92.2 Å². The van der Waals surface area contributed by atoms with E-state index in [-0.39, 0.29) is 52.9 Å². The molecule has 0 aromatic heterocycles. The Balaban J connectivity index is 1.43. The predicted octanol–water partition coefficient (Wildman–Crippen LogP) is 3.08. The molecule has 1 aromatic carbocycles. The first kappa shape index (κ1) is 38.5.